The zero-order chi connectivity index (χ0) is 17.1. The second kappa shape index (κ2) is 6.98. The summed E-state index contributed by atoms with van der Waals surface area (Å²) in [6.07, 6.45) is 1.86. The predicted octanol–water partition coefficient (Wildman–Crippen LogP) is 3.43. The molecule has 0 atom stereocenters. The monoisotopic (exact) mass is 363 g/mol. The summed E-state index contributed by atoms with van der Waals surface area (Å²) in [5, 5.41) is 14.9. The Hall–Kier alpha value is -2.45. The Bertz CT molecular complexity index is 901. The number of nitrogens with zero attached hydrogens (tertiary/aromatic N) is 4. The third-order valence-corrected chi connectivity index (χ3v) is 4.00. The smallest absolute Gasteiger partial charge is 0.258 e. The molecule has 3 rings (SSSR count). The number of halogens is 2. The van der Waals surface area contributed by atoms with Crippen LogP contribution >= 0.6 is 23.4 Å². The molecule has 0 aliphatic carbocycles. The SMILES string of the molecule is CSc1nnnn1-c1cccc(NC(=O)c2cc(Cl)ccc2F)c1. The molecule has 1 heterocycles. The minimum atomic E-state index is -0.641. The highest BCUT2D eigenvalue weighted by atomic mass is 35.5. The fourth-order valence-electron chi connectivity index (χ4n) is 2.05. The average Bonchev–Trinajstić information content (AvgIpc) is 3.06. The second-order valence-electron chi connectivity index (χ2n) is 4.71. The molecule has 3 aromatic rings. The minimum absolute atomic E-state index is 0.125. The number of amides is 1. The number of nitrogens with one attached hydrogen (secondary N) is 1. The lowest BCUT2D eigenvalue weighted by Gasteiger charge is -2.09. The van der Waals surface area contributed by atoms with Crippen LogP contribution in [0.4, 0.5) is 10.1 Å². The van der Waals surface area contributed by atoms with E-state index < -0.39 is 11.7 Å². The van der Waals surface area contributed by atoms with Gasteiger partial charge in [0.15, 0.2) is 0 Å². The number of anilines is 1. The molecule has 0 unspecified atom stereocenters. The van der Waals surface area contributed by atoms with Crippen LogP contribution in [-0.4, -0.2) is 32.4 Å². The molecule has 0 saturated carbocycles. The van der Waals surface area contributed by atoms with E-state index in [0.29, 0.717) is 16.5 Å². The van der Waals surface area contributed by atoms with Gasteiger partial charge in [-0.15, -0.1) is 5.10 Å². The number of tetrazole rings is 1. The first kappa shape index (κ1) is 16.4. The highest BCUT2D eigenvalue weighted by molar-refractivity contribution is 7.98. The van der Waals surface area contributed by atoms with Crippen LogP contribution < -0.4 is 5.32 Å². The third kappa shape index (κ3) is 3.39. The number of carbonyl (C=O) groups excluding carboxylic acids is 1. The Kier molecular flexibility index (Phi) is 4.77. The van der Waals surface area contributed by atoms with E-state index in [1.165, 1.54) is 23.9 Å². The van der Waals surface area contributed by atoms with Gasteiger partial charge in [0.2, 0.25) is 5.16 Å². The normalized spacial score (nSPS) is 10.6. The van der Waals surface area contributed by atoms with E-state index in [2.05, 4.69) is 20.8 Å². The Morgan fingerprint density at radius 1 is 1.29 bits per heavy atom. The number of benzene rings is 2. The van der Waals surface area contributed by atoms with Gasteiger partial charge in [0.25, 0.3) is 5.91 Å². The summed E-state index contributed by atoms with van der Waals surface area (Å²) in [6, 6.07) is 10.7. The van der Waals surface area contributed by atoms with Crippen LogP contribution in [0.2, 0.25) is 5.02 Å². The molecule has 122 valence electrons. The van der Waals surface area contributed by atoms with Crippen LogP contribution in [0.5, 0.6) is 0 Å². The molecule has 24 heavy (non-hydrogen) atoms. The molecule has 0 aliphatic rings. The lowest BCUT2D eigenvalue weighted by atomic mass is 10.2. The molecule has 1 aromatic heterocycles. The number of carbonyl (C=O) groups is 1. The standard InChI is InChI=1S/C15H11ClFN5OS/c1-24-15-19-20-21-22(15)11-4-2-3-10(8-11)18-14(23)12-7-9(16)5-6-13(12)17/h2-8H,1H3,(H,18,23). The molecule has 1 amide bonds. The van der Waals surface area contributed by atoms with Gasteiger partial charge in [0, 0.05) is 10.7 Å². The van der Waals surface area contributed by atoms with Gasteiger partial charge in [-0.05, 0) is 53.1 Å². The molecule has 0 bridgehead atoms. The molecule has 9 heteroatoms. The average molecular weight is 364 g/mol. The number of hydrogen-bond donors (Lipinski definition) is 1. The molecule has 0 saturated heterocycles. The van der Waals surface area contributed by atoms with E-state index in [-0.39, 0.29) is 10.6 Å². The van der Waals surface area contributed by atoms with Gasteiger partial charge in [0.05, 0.1) is 11.3 Å². The Morgan fingerprint density at radius 2 is 2.12 bits per heavy atom. The molecule has 0 spiro atoms. The molecule has 2 aromatic carbocycles. The molecule has 6 nitrogen and oxygen atoms in total. The van der Waals surface area contributed by atoms with Crippen molar-refractivity contribution in [1.82, 2.24) is 20.2 Å². The van der Waals surface area contributed by atoms with Gasteiger partial charge < -0.3 is 5.32 Å². The maximum atomic E-state index is 13.8. The van der Waals surface area contributed by atoms with Crippen molar-refractivity contribution in [3.05, 3.63) is 58.9 Å². The number of rotatable bonds is 4. The van der Waals surface area contributed by atoms with Gasteiger partial charge in [-0.2, -0.15) is 4.68 Å². The summed E-state index contributed by atoms with van der Waals surface area (Å²) < 4.78 is 15.3. The molecule has 0 aliphatic heterocycles. The van der Waals surface area contributed by atoms with Crippen LogP contribution in [0.25, 0.3) is 5.69 Å². The third-order valence-electron chi connectivity index (χ3n) is 3.15. The summed E-state index contributed by atoms with van der Waals surface area (Å²) in [7, 11) is 0. The van der Waals surface area contributed by atoms with Crippen molar-refractivity contribution in [1.29, 1.82) is 0 Å². The van der Waals surface area contributed by atoms with Gasteiger partial charge in [-0.1, -0.05) is 29.4 Å². The van der Waals surface area contributed by atoms with Gasteiger partial charge >= 0.3 is 0 Å². The summed E-state index contributed by atoms with van der Waals surface area (Å²) in [5.74, 6) is -1.23. The Morgan fingerprint density at radius 3 is 2.92 bits per heavy atom. The van der Waals surface area contributed by atoms with Crippen molar-refractivity contribution in [2.75, 3.05) is 11.6 Å². The minimum Gasteiger partial charge on any atom is -0.322 e. The predicted molar refractivity (Wildman–Crippen MR) is 90.3 cm³/mol. The number of hydrogen-bond acceptors (Lipinski definition) is 5. The van der Waals surface area contributed by atoms with E-state index in [4.69, 9.17) is 11.6 Å². The Balaban J connectivity index is 1.87. The molecule has 1 N–H and O–H groups in total. The maximum Gasteiger partial charge on any atom is 0.258 e. The van der Waals surface area contributed by atoms with Crippen LogP contribution in [0.1, 0.15) is 10.4 Å². The van der Waals surface area contributed by atoms with Crippen molar-refractivity contribution < 1.29 is 9.18 Å². The van der Waals surface area contributed by atoms with Gasteiger partial charge in [0.1, 0.15) is 5.82 Å². The molecule has 0 fully saturated rings. The van der Waals surface area contributed by atoms with E-state index in [0.717, 1.165) is 6.07 Å². The highest BCUT2D eigenvalue weighted by Crippen LogP contribution is 2.20. The first-order valence-electron chi connectivity index (χ1n) is 6.77. The number of aromatic nitrogens is 4. The molecular weight excluding hydrogens is 353 g/mol. The first-order valence-corrected chi connectivity index (χ1v) is 8.38. The van der Waals surface area contributed by atoms with Crippen LogP contribution in [0.15, 0.2) is 47.6 Å². The van der Waals surface area contributed by atoms with Crippen molar-refractivity contribution in [3.8, 4) is 5.69 Å². The van der Waals surface area contributed by atoms with Crippen LogP contribution in [0, 0.1) is 5.82 Å². The maximum absolute atomic E-state index is 13.8. The van der Waals surface area contributed by atoms with Crippen molar-refractivity contribution in [2.45, 2.75) is 5.16 Å². The van der Waals surface area contributed by atoms with Crippen molar-refractivity contribution in [3.63, 3.8) is 0 Å². The summed E-state index contributed by atoms with van der Waals surface area (Å²) in [6.45, 7) is 0. The summed E-state index contributed by atoms with van der Waals surface area (Å²) >= 11 is 7.21. The zero-order valence-electron chi connectivity index (χ0n) is 12.4. The quantitative estimate of drug-likeness (QED) is 0.719. The summed E-state index contributed by atoms with van der Waals surface area (Å²) in [4.78, 5) is 12.2. The van der Waals surface area contributed by atoms with E-state index in [9.17, 15) is 9.18 Å². The molecule has 0 radical (unpaired) electrons. The Labute approximate surface area is 146 Å². The topological polar surface area (TPSA) is 72.7 Å². The van der Waals surface area contributed by atoms with Gasteiger partial charge in [-0.25, -0.2) is 4.39 Å². The fourth-order valence-corrected chi connectivity index (χ4v) is 2.66. The van der Waals surface area contributed by atoms with E-state index in [1.54, 1.807) is 28.9 Å². The van der Waals surface area contributed by atoms with Crippen molar-refractivity contribution in [2.24, 2.45) is 0 Å². The van der Waals surface area contributed by atoms with Crippen LogP contribution in [0.3, 0.4) is 0 Å². The second-order valence-corrected chi connectivity index (χ2v) is 5.92. The summed E-state index contributed by atoms with van der Waals surface area (Å²) in [5.41, 5.74) is 1.04. The first-order chi connectivity index (χ1) is 11.6. The van der Waals surface area contributed by atoms with E-state index in [1.807, 2.05) is 6.26 Å². The van der Waals surface area contributed by atoms with Crippen molar-refractivity contribution >= 4 is 35.0 Å². The van der Waals surface area contributed by atoms with E-state index >= 15 is 0 Å². The molecular formula is C15H11ClFN5OS. The fraction of sp³-hybridized carbons (Fsp3) is 0.0667. The lowest BCUT2D eigenvalue weighted by molar-refractivity contribution is 0.102. The van der Waals surface area contributed by atoms with Gasteiger partial charge in [-0.3, -0.25) is 4.79 Å². The van der Waals surface area contributed by atoms with Crippen LogP contribution in [-0.2, 0) is 0 Å². The number of thioether (sulfide) groups is 1. The lowest BCUT2D eigenvalue weighted by Crippen LogP contribution is -2.14. The zero-order valence-corrected chi connectivity index (χ0v) is 14.0. The highest BCUT2D eigenvalue weighted by Gasteiger charge is 2.13. The largest absolute Gasteiger partial charge is 0.322 e.